The number of amides is 2. The third-order valence-electron chi connectivity index (χ3n) is 5.85. The van der Waals surface area contributed by atoms with Crippen molar-refractivity contribution in [1.29, 1.82) is 0 Å². The van der Waals surface area contributed by atoms with Gasteiger partial charge in [-0.1, -0.05) is 48.5 Å². The Labute approximate surface area is 174 Å². The summed E-state index contributed by atoms with van der Waals surface area (Å²) in [6.45, 7) is 2.04. The highest BCUT2D eigenvalue weighted by atomic mass is 16.5. The summed E-state index contributed by atoms with van der Waals surface area (Å²) in [4.78, 5) is 35.2. The Hall–Kier alpha value is -3.35. The first kappa shape index (κ1) is 19.9. The van der Waals surface area contributed by atoms with E-state index >= 15 is 0 Å². The number of carboxylic acid groups (broad SMARTS) is 1. The quantitative estimate of drug-likeness (QED) is 0.653. The van der Waals surface area contributed by atoms with E-state index < -0.39 is 18.1 Å². The molecule has 2 amide bonds. The highest BCUT2D eigenvalue weighted by molar-refractivity contribution is 5.85. The predicted molar refractivity (Wildman–Crippen MR) is 110 cm³/mol. The third-order valence-corrected chi connectivity index (χ3v) is 5.85. The SMILES string of the molecule is C[C@@H](NC(=O)OCC1c2ccccc2-c2ccccc21)C(=O)NC[C@H]1C[C@H]1C(=O)O. The van der Waals surface area contributed by atoms with Crippen LogP contribution in [0.1, 0.15) is 30.4 Å². The monoisotopic (exact) mass is 408 g/mol. The number of aliphatic carboxylic acids is 1. The molecule has 0 heterocycles. The number of hydrogen-bond donors (Lipinski definition) is 3. The van der Waals surface area contributed by atoms with Gasteiger partial charge in [0.05, 0.1) is 5.92 Å². The Bertz CT molecular complexity index is 944. The standard InChI is InChI=1S/C23H24N2O5/c1-13(21(26)24-11-14-10-19(14)22(27)28)25-23(29)30-12-20-17-8-4-2-6-15(17)16-7-3-5-9-18(16)20/h2-9,13-14,19-20H,10-12H2,1H3,(H,24,26)(H,25,29)(H,27,28)/t13-,14-,19-/m1/s1. The fourth-order valence-corrected chi connectivity index (χ4v) is 4.04. The van der Waals surface area contributed by atoms with E-state index in [2.05, 4.69) is 22.8 Å². The van der Waals surface area contributed by atoms with Crippen LogP contribution in [0.5, 0.6) is 0 Å². The molecule has 156 valence electrons. The number of rotatable bonds is 7. The number of benzene rings is 2. The molecular formula is C23H24N2O5. The fraction of sp³-hybridized carbons (Fsp3) is 0.348. The van der Waals surface area contributed by atoms with Crippen LogP contribution in [-0.2, 0) is 14.3 Å². The molecule has 1 saturated carbocycles. The number of carbonyl (C=O) groups is 3. The van der Waals surface area contributed by atoms with E-state index in [1.807, 2.05) is 36.4 Å². The van der Waals surface area contributed by atoms with Gasteiger partial charge in [-0.15, -0.1) is 0 Å². The molecule has 0 aliphatic heterocycles. The van der Waals surface area contributed by atoms with Crippen molar-refractivity contribution >= 4 is 18.0 Å². The molecule has 3 atom stereocenters. The number of nitrogens with one attached hydrogen (secondary N) is 2. The zero-order valence-electron chi connectivity index (χ0n) is 16.6. The van der Waals surface area contributed by atoms with Crippen molar-refractivity contribution < 1.29 is 24.2 Å². The first-order valence-electron chi connectivity index (χ1n) is 10.1. The van der Waals surface area contributed by atoms with E-state index in [9.17, 15) is 14.4 Å². The fourth-order valence-electron chi connectivity index (χ4n) is 4.04. The first-order valence-corrected chi connectivity index (χ1v) is 10.1. The van der Waals surface area contributed by atoms with Crippen molar-refractivity contribution in [2.24, 2.45) is 11.8 Å². The Kier molecular flexibility index (Phi) is 5.44. The van der Waals surface area contributed by atoms with Crippen LogP contribution in [-0.4, -0.2) is 42.3 Å². The molecule has 3 N–H and O–H groups in total. The third kappa shape index (κ3) is 4.01. The molecule has 4 rings (SSSR count). The van der Waals surface area contributed by atoms with E-state index in [0.717, 1.165) is 22.3 Å². The predicted octanol–water partition coefficient (Wildman–Crippen LogP) is 2.75. The second kappa shape index (κ2) is 8.18. The van der Waals surface area contributed by atoms with Gasteiger partial charge < -0.3 is 20.5 Å². The van der Waals surface area contributed by atoms with Crippen molar-refractivity contribution in [2.45, 2.75) is 25.3 Å². The summed E-state index contributed by atoms with van der Waals surface area (Å²) in [6, 6.07) is 15.4. The van der Waals surface area contributed by atoms with E-state index in [-0.39, 0.29) is 30.3 Å². The lowest BCUT2D eigenvalue weighted by Crippen LogP contribution is -2.45. The molecule has 7 nitrogen and oxygen atoms in total. The van der Waals surface area contributed by atoms with Gasteiger partial charge in [0.1, 0.15) is 12.6 Å². The van der Waals surface area contributed by atoms with Gasteiger partial charge in [0.15, 0.2) is 0 Å². The smallest absolute Gasteiger partial charge is 0.407 e. The molecular weight excluding hydrogens is 384 g/mol. The summed E-state index contributed by atoms with van der Waals surface area (Å²) in [5.41, 5.74) is 4.54. The number of hydrogen-bond acceptors (Lipinski definition) is 4. The first-order chi connectivity index (χ1) is 14.5. The van der Waals surface area contributed by atoms with Gasteiger partial charge in [0.2, 0.25) is 5.91 Å². The summed E-state index contributed by atoms with van der Waals surface area (Å²) in [6.07, 6.45) is -0.0848. The average Bonchev–Trinajstić information content (AvgIpc) is 3.46. The van der Waals surface area contributed by atoms with Gasteiger partial charge in [0, 0.05) is 12.5 Å². The lowest BCUT2D eigenvalue weighted by atomic mass is 9.98. The van der Waals surface area contributed by atoms with Gasteiger partial charge in [-0.25, -0.2) is 4.79 Å². The van der Waals surface area contributed by atoms with Crippen molar-refractivity contribution in [2.75, 3.05) is 13.2 Å². The summed E-state index contributed by atoms with van der Waals surface area (Å²) < 4.78 is 5.44. The van der Waals surface area contributed by atoms with Crippen LogP contribution in [0.3, 0.4) is 0 Å². The van der Waals surface area contributed by atoms with Crippen molar-refractivity contribution in [3.8, 4) is 11.1 Å². The molecule has 30 heavy (non-hydrogen) atoms. The number of fused-ring (bicyclic) bond motifs is 3. The second-order valence-electron chi connectivity index (χ2n) is 7.88. The number of ether oxygens (including phenoxy) is 1. The van der Waals surface area contributed by atoms with Crippen LogP contribution < -0.4 is 10.6 Å². The zero-order chi connectivity index (χ0) is 21.3. The number of carboxylic acids is 1. The van der Waals surface area contributed by atoms with Crippen molar-refractivity contribution in [1.82, 2.24) is 10.6 Å². The minimum atomic E-state index is -0.834. The van der Waals surface area contributed by atoms with Gasteiger partial charge in [-0.05, 0) is 41.5 Å². The van der Waals surface area contributed by atoms with Crippen LogP contribution in [0, 0.1) is 11.8 Å². The van der Waals surface area contributed by atoms with Crippen molar-refractivity contribution in [3.63, 3.8) is 0 Å². The molecule has 0 aromatic heterocycles. The molecule has 2 aromatic rings. The molecule has 1 fully saturated rings. The Balaban J connectivity index is 1.29. The average molecular weight is 408 g/mol. The lowest BCUT2D eigenvalue weighted by molar-refractivity contribution is -0.139. The molecule has 2 aliphatic rings. The summed E-state index contributed by atoms with van der Waals surface area (Å²) >= 11 is 0. The Morgan fingerprint density at radius 2 is 1.67 bits per heavy atom. The molecule has 2 aliphatic carbocycles. The summed E-state index contributed by atoms with van der Waals surface area (Å²) in [5.74, 6) is -1.66. The topological polar surface area (TPSA) is 105 Å². The maximum absolute atomic E-state index is 12.2. The van der Waals surface area contributed by atoms with E-state index in [1.54, 1.807) is 6.92 Å². The Morgan fingerprint density at radius 1 is 1.07 bits per heavy atom. The van der Waals surface area contributed by atoms with Crippen LogP contribution in [0.25, 0.3) is 11.1 Å². The lowest BCUT2D eigenvalue weighted by Gasteiger charge is -2.17. The van der Waals surface area contributed by atoms with Crippen LogP contribution in [0.2, 0.25) is 0 Å². The molecule has 0 unspecified atom stereocenters. The van der Waals surface area contributed by atoms with Gasteiger partial charge in [-0.3, -0.25) is 9.59 Å². The molecule has 2 aromatic carbocycles. The zero-order valence-corrected chi connectivity index (χ0v) is 16.6. The van der Waals surface area contributed by atoms with Crippen molar-refractivity contribution in [3.05, 3.63) is 59.7 Å². The highest BCUT2D eigenvalue weighted by Gasteiger charge is 2.43. The molecule has 0 radical (unpaired) electrons. The van der Waals surface area contributed by atoms with Crippen LogP contribution in [0.15, 0.2) is 48.5 Å². The number of alkyl carbamates (subject to hydrolysis) is 1. The highest BCUT2D eigenvalue weighted by Crippen LogP contribution is 2.44. The normalized spacial score (nSPS) is 19.9. The minimum absolute atomic E-state index is 0.0342. The summed E-state index contributed by atoms with van der Waals surface area (Å²) in [5, 5.41) is 14.1. The van der Waals surface area contributed by atoms with E-state index in [1.165, 1.54) is 0 Å². The molecule has 0 spiro atoms. The van der Waals surface area contributed by atoms with Gasteiger partial charge in [-0.2, -0.15) is 0 Å². The van der Waals surface area contributed by atoms with Gasteiger partial charge >= 0.3 is 12.1 Å². The molecule has 0 saturated heterocycles. The van der Waals surface area contributed by atoms with Crippen LogP contribution >= 0.6 is 0 Å². The Morgan fingerprint density at radius 3 is 2.23 bits per heavy atom. The maximum Gasteiger partial charge on any atom is 0.407 e. The largest absolute Gasteiger partial charge is 0.481 e. The minimum Gasteiger partial charge on any atom is -0.481 e. The van der Waals surface area contributed by atoms with Gasteiger partial charge in [0.25, 0.3) is 0 Å². The van der Waals surface area contributed by atoms with E-state index in [0.29, 0.717) is 13.0 Å². The maximum atomic E-state index is 12.2. The summed E-state index contributed by atoms with van der Waals surface area (Å²) in [7, 11) is 0. The molecule has 0 bridgehead atoms. The second-order valence-corrected chi connectivity index (χ2v) is 7.88. The van der Waals surface area contributed by atoms with Crippen LogP contribution in [0.4, 0.5) is 4.79 Å². The number of carbonyl (C=O) groups excluding carboxylic acids is 2. The molecule has 7 heteroatoms. The van der Waals surface area contributed by atoms with E-state index in [4.69, 9.17) is 9.84 Å².